The van der Waals surface area contributed by atoms with E-state index in [0.717, 1.165) is 22.6 Å². The largest absolute Gasteiger partial charge is 0.496 e. The SMILES string of the molecule is COc1ccccc1CNC(=O)NC(c1ccccc1)c1ccccn1. The van der Waals surface area contributed by atoms with Crippen LogP contribution >= 0.6 is 0 Å². The van der Waals surface area contributed by atoms with Gasteiger partial charge in [-0.1, -0.05) is 54.6 Å². The van der Waals surface area contributed by atoms with Crippen LogP contribution in [0.5, 0.6) is 5.75 Å². The van der Waals surface area contributed by atoms with Crippen LogP contribution in [-0.2, 0) is 6.54 Å². The summed E-state index contributed by atoms with van der Waals surface area (Å²) >= 11 is 0. The molecule has 0 aliphatic rings. The number of urea groups is 1. The van der Waals surface area contributed by atoms with Crippen molar-refractivity contribution in [2.75, 3.05) is 7.11 Å². The van der Waals surface area contributed by atoms with Gasteiger partial charge in [0, 0.05) is 18.3 Å². The first kappa shape index (κ1) is 17.5. The molecule has 2 N–H and O–H groups in total. The van der Waals surface area contributed by atoms with Crippen molar-refractivity contribution in [2.24, 2.45) is 0 Å². The number of hydrogen-bond acceptors (Lipinski definition) is 3. The molecule has 26 heavy (non-hydrogen) atoms. The Bertz CT molecular complexity index is 799. The lowest BCUT2D eigenvalue weighted by molar-refractivity contribution is 0.238. The van der Waals surface area contributed by atoms with Gasteiger partial charge in [0.05, 0.1) is 18.8 Å². The molecule has 0 saturated heterocycles. The topological polar surface area (TPSA) is 63.2 Å². The van der Waals surface area contributed by atoms with E-state index in [1.165, 1.54) is 0 Å². The summed E-state index contributed by atoms with van der Waals surface area (Å²) in [5, 5.41) is 5.89. The standard InChI is InChI=1S/C21H21N3O2/c1-26-19-13-6-5-11-17(19)15-23-21(25)24-20(16-9-3-2-4-10-16)18-12-7-8-14-22-18/h2-14,20H,15H2,1H3,(H2,23,24,25). The maximum atomic E-state index is 12.5. The van der Waals surface area contributed by atoms with Crippen LogP contribution in [-0.4, -0.2) is 18.1 Å². The molecule has 3 aromatic rings. The van der Waals surface area contributed by atoms with Crippen LogP contribution in [0.15, 0.2) is 79.0 Å². The molecule has 2 aromatic carbocycles. The van der Waals surface area contributed by atoms with Gasteiger partial charge in [-0.05, 0) is 23.8 Å². The number of nitrogens with zero attached hydrogens (tertiary/aromatic N) is 1. The van der Waals surface area contributed by atoms with E-state index < -0.39 is 0 Å². The number of amides is 2. The monoisotopic (exact) mass is 347 g/mol. The predicted octanol–water partition coefficient (Wildman–Crippen LogP) is 3.68. The molecule has 2 amide bonds. The van der Waals surface area contributed by atoms with E-state index in [0.29, 0.717) is 6.54 Å². The highest BCUT2D eigenvalue weighted by Crippen LogP contribution is 2.20. The number of rotatable bonds is 6. The first-order chi connectivity index (χ1) is 12.8. The van der Waals surface area contributed by atoms with Crippen molar-refractivity contribution >= 4 is 6.03 Å². The molecule has 5 heteroatoms. The van der Waals surface area contributed by atoms with E-state index in [2.05, 4.69) is 15.6 Å². The maximum Gasteiger partial charge on any atom is 0.315 e. The molecule has 1 heterocycles. The molecular weight excluding hydrogens is 326 g/mol. The summed E-state index contributed by atoms with van der Waals surface area (Å²) in [6, 6.07) is 22.5. The second-order valence-corrected chi connectivity index (χ2v) is 5.74. The summed E-state index contributed by atoms with van der Waals surface area (Å²) in [5.74, 6) is 0.747. The van der Waals surface area contributed by atoms with E-state index in [1.807, 2.05) is 72.8 Å². The molecule has 1 aromatic heterocycles. The van der Waals surface area contributed by atoms with Crippen LogP contribution in [0.3, 0.4) is 0 Å². The van der Waals surface area contributed by atoms with Gasteiger partial charge in [-0.2, -0.15) is 0 Å². The fraction of sp³-hybridized carbons (Fsp3) is 0.143. The van der Waals surface area contributed by atoms with Gasteiger partial charge in [0.15, 0.2) is 0 Å². The highest BCUT2D eigenvalue weighted by Gasteiger charge is 2.17. The Labute approximate surface area is 153 Å². The highest BCUT2D eigenvalue weighted by atomic mass is 16.5. The lowest BCUT2D eigenvalue weighted by atomic mass is 10.0. The number of nitrogens with one attached hydrogen (secondary N) is 2. The third kappa shape index (κ3) is 4.39. The van der Waals surface area contributed by atoms with Crippen molar-refractivity contribution in [2.45, 2.75) is 12.6 Å². The van der Waals surface area contributed by atoms with Crippen LogP contribution in [0.2, 0.25) is 0 Å². The van der Waals surface area contributed by atoms with Crippen LogP contribution in [0.4, 0.5) is 4.79 Å². The molecule has 132 valence electrons. The number of carbonyl (C=O) groups is 1. The first-order valence-electron chi connectivity index (χ1n) is 8.40. The number of pyridine rings is 1. The van der Waals surface area contributed by atoms with Crippen molar-refractivity contribution in [1.29, 1.82) is 0 Å². The lowest BCUT2D eigenvalue weighted by Gasteiger charge is -2.19. The van der Waals surface area contributed by atoms with E-state index in [4.69, 9.17) is 4.74 Å². The van der Waals surface area contributed by atoms with Crippen molar-refractivity contribution in [3.05, 3.63) is 95.8 Å². The summed E-state index contributed by atoms with van der Waals surface area (Å²) in [6.45, 7) is 0.375. The summed E-state index contributed by atoms with van der Waals surface area (Å²) in [7, 11) is 1.62. The zero-order chi connectivity index (χ0) is 18.2. The normalized spacial score (nSPS) is 11.4. The second-order valence-electron chi connectivity index (χ2n) is 5.74. The number of benzene rings is 2. The Morgan fingerprint density at radius 1 is 1.00 bits per heavy atom. The molecule has 0 bridgehead atoms. The fourth-order valence-corrected chi connectivity index (χ4v) is 2.73. The van der Waals surface area contributed by atoms with Crippen molar-refractivity contribution in [3.8, 4) is 5.75 Å². The molecule has 0 aliphatic heterocycles. The predicted molar refractivity (Wildman–Crippen MR) is 101 cm³/mol. The van der Waals surface area contributed by atoms with Gasteiger partial charge in [-0.25, -0.2) is 4.79 Å². The van der Waals surface area contributed by atoms with Gasteiger partial charge in [0.2, 0.25) is 0 Å². The maximum absolute atomic E-state index is 12.5. The summed E-state index contributed by atoms with van der Waals surface area (Å²) in [6.07, 6.45) is 1.72. The molecular formula is C21H21N3O2. The smallest absolute Gasteiger partial charge is 0.315 e. The Kier molecular flexibility index (Phi) is 5.83. The van der Waals surface area contributed by atoms with Gasteiger partial charge in [-0.3, -0.25) is 4.98 Å². The molecule has 1 atom stereocenters. The minimum absolute atomic E-state index is 0.268. The zero-order valence-electron chi connectivity index (χ0n) is 14.6. The van der Waals surface area contributed by atoms with E-state index in [1.54, 1.807) is 13.3 Å². The van der Waals surface area contributed by atoms with Crippen LogP contribution < -0.4 is 15.4 Å². The Morgan fingerprint density at radius 3 is 2.46 bits per heavy atom. The van der Waals surface area contributed by atoms with Crippen LogP contribution in [0.1, 0.15) is 22.9 Å². The zero-order valence-corrected chi connectivity index (χ0v) is 14.6. The third-order valence-electron chi connectivity index (χ3n) is 4.02. The molecule has 0 spiro atoms. The number of aromatic nitrogens is 1. The summed E-state index contributed by atoms with van der Waals surface area (Å²) in [4.78, 5) is 16.9. The minimum atomic E-state index is -0.324. The van der Waals surface area contributed by atoms with E-state index in [9.17, 15) is 4.79 Å². The molecule has 1 unspecified atom stereocenters. The number of para-hydroxylation sites is 1. The van der Waals surface area contributed by atoms with Gasteiger partial charge in [-0.15, -0.1) is 0 Å². The van der Waals surface area contributed by atoms with E-state index >= 15 is 0 Å². The molecule has 0 saturated carbocycles. The summed E-state index contributed by atoms with van der Waals surface area (Å²) < 4.78 is 5.32. The van der Waals surface area contributed by atoms with Crippen molar-refractivity contribution < 1.29 is 9.53 Å². The lowest BCUT2D eigenvalue weighted by Crippen LogP contribution is -2.38. The van der Waals surface area contributed by atoms with Crippen molar-refractivity contribution in [3.63, 3.8) is 0 Å². The van der Waals surface area contributed by atoms with Crippen molar-refractivity contribution in [1.82, 2.24) is 15.6 Å². The number of methoxy groups -OCH3 is 1. The molecule has 0 radical (unpaired) electrons. The molecule has 3 rings (SSSR count). The van der Waals surface area contributed by atoms with Crippen LogP contribution in [0.25, 0.3) is 0 Å². The Morgan fingerprint density at radius 2 is 1.73 bits per heavy atom. The average molecular weight is 347 g/mol. The minimum Gasteiger partial charge on any atom is -0.496 e. The molecule has 0 fully saturated rings. The van der Waals surface area contributed by atoms with Gasteiger partial charge < -0.3 is 15.4 Å². The van der Waals surface area contributed by atoms with Gasteiger partial charge in [0.25, 0.3) is 0 Å². The van der Waals surface area contributed by atoms with Gasteiger partial charge >= 0.3 is 6.03 Å². The molecule has 0 aliphatic carbocycles. The quantitative estimate of drug-likeness (QED) is 0.715. The number of ether oxygens (including phenoxy) is 1. The third-order valence-corrected chi connectivity index (χ3v) is 4.02. The Hall–Kier alpha value is -3.34. The van der Waals surface area contributed by atoms with E-state index in [-0.39, 0.29) is 12.1 Å². The Balaban J connectivity index is 1.72. The molecule has 5 nitrogen and oxygen atoms in total. The number of hydrogen-bond donors (Lipinski definition) is 2. The highest BCUT2D eigenvalue weighted by molar-refractivity contribution is 5.75. The number of carbonyl (C=O) groups excluding carboxylic acids is 1. The van der Waals surface area contributed by atoms with Gasteiger partial charge in [0.1, 0.15) is 5.75 Å². The van der Waals surface area contributed by atoms with Crippen LogP contribution in [0, 0.1) is 0 Å². The second kappa shape index (κ2) is 8.67. The fourth-order valence-electron chi connectivity index (χ4n) is 2.73. The first-order valence-corrected chi connectivity index (χ1v) is 8.40. The average Bonchev–Trinajstić information content (AvgIpc) is 2.72. The summed E-state index contributed by atoms with van der Waals surface area (Å²) in [5.41, 5.74) is 2.67.